The average molecular weight is 260 g/mol. The van der Waals surface area contributed by atoms with E-state index in [0.29, 0.717) is 0 Å². The second-order valence-electron chi connectivity index (χ2n) is 3.44. The molecule has 0 radical (unpaired) electrons. The van der Waals surface area contributed by atoms with Crippen LogP contribution in [0.4, 0.5) is 4.39 Å². The molecule has 0 fully saturated rings. The number of carbonyl (C=O) groups is 1. The van der Waals surface area contributed by atoms with Crippen LogP contribution in [0, 0.1) is 5.82 Å². The summed E-state index contributed by atoms with van der Waals surface area (Å²) in [5, 5.41) is 7.66. The largest absolute Gasteiger partial charge is 0.494 e. The molecular formula is C11H13FO4S. The molecule has 0 aliphatic rings. The molecule has 0 spiro atoms. The molecule has 1 aromatic carbocycles. The summed E-state index contributed by atoms with van der Waals surface area (Å²) in [7, 11) is -0.329. The van der Waals surface area contributed by atoms with Crippen molar-refractivity contribution in [2.75, 3.05) is 7.11 Å². The number of aliphatic carboxylic acids is 1. The fourth-order valence-corrected chi connectivity index (χ4v) is 2.22. The van der Waals surface area contributed by atoms with Crippen molar-refractivity contribution in [1.29, 1.82) is 0 Å². The van der Waals surface area contributed by atoms with Crippen LogP contribution in [0.5, 0.6) is 5.75 Å². The van der Waals surface area contributed by atoms with Crippen LogP contribution in [-0.2, 0) is 21.3 Å². The molecule has 2 atom stereocenters. The Balaban J connectivity index is 2.89. The number of halogens is 1. The molecule has 1 N–H and O–H groups in total. The first-order valence-electron chi connectivity index (χ1n) is 4.88. The SMILES string of the molecule is COc1cccc(CS(=O)C(C)C(=O)O)c1F. The first-order chi connectivity index (χ1) is 7.97. The monoisotopic (exact) mass is 260 g/mol. The Hall–Kier alpha value is -1.43. The lowest BCUT2D eigenvalue weighted by molar-refractivity contribution is -0.136. The lowest BCUT2D eigenvalue weighted by Gasteiger charge is -2.09. The zero-order valence-corrected chi connectivity index (χ0v) is 10.3. The number of rotatable bonds is 5. The zero-order chi connectivity index (χ0) is 13.0. The van der Waals surface area contributed by atoms with E-state index < -0.39 is 27.8 Å². The summed E-state index contributed by atoms with van der Waals surface area (Å²) in [6, 6.07) is 4.48. The molecule has 4 nitrogen and oxygen atoms in total. The van der Waals surface area contributed by atoms with Gasteiger partial charge in [0.25, 0.3) is 0 Å². The molecule has 0 saturated carbocycles. The summed E-state index contributed by atoms with van der Waals surface area (Å²) in [6.45, 7) is 1.33. The number of ether oxygens (including phenoxy) is 1. The third kappa shape index (κ3) is 3.26. The highest BCUT2D eigenvalue weighted by molar-refractivity contribution is 7.85. The van der Waals surface area contributed by atoms with Crippen molar-refractivity contribution in [3.05, 3.63) is 29.6 Å². The van der Waals surface area contributed by atoms with Gasteiger partial charge < -0.3 is 9.84 Å². The van der Waals surface area contributed by atoms with Crippen molar-refractivity contribution in [3.63, 3.8) is 0 Å². The third-order valence-electron chi connectivity index (χ3n) is 2.30. The van der Waals surface area contributed by atoms with Crippen molar-refractivity contribution in [2.24, 2.45) is 0 Å². The average Bonchev–Trinajstić information content (AvgIpc) is 2.30. The van der Waals surface area contributed by atoms with Gasteiger partial charge in [-0.1, -0.05) is 12.1 Å². The van der Waals surface area contributed by atoms with Crippen LogP contribution in [0.2, 0.25) is 0 Å². The standard InChI is InChI=1S/C11H13FO4S/c1-7(11(13)14)17(15)6-8-4-3-5-9(16-2)10(8)12/h3-5,7H,6H2,1-2H3,(H,13,14). The number of hydrogen-bond acceptors (Lipinski definition) is 3. The Morgan fingerprint density at radius 3 is 2.76 bits per heavy atom. The Morgan fingerprint density at radius 1 is 1.59 bits per heavy atom. The number of benzene rings is 1. The minimum absolute atomic E-state index is 0.0579. The molecule has 17 heavy (non-hydrogen) atoms. The lowest BCUT2D eigenvalue weighted by atomic mass is 10.2. The van der Waals surface area contributed by atoms with Gasteiger partial charge in [0.2, 0.25) is 0 Å². The van der Waals surface area contributed by atoms with Crippen LogP contribution in [-0.4, -0.2) is 27.6 Å². The van der Waals surface area contributed by atoms with Gasteiger partial charge in [-0.3, -0.25) is 9.00 Å². The maximum Gasteiger partial charge on any atom is 0.318 e. The lowest BCUT2D eigenvalue weighted by Crippen LogP contribution is -2.23. The molecule has 0 amide bonds. The van der Waals surface area contributed by atoms with E-state index in [-0.39, 0.29) is 17.1 Å². The molecule has 1 rings (SSSR count). The Bertz CT molecular complexity index is 447. The molecule has 0 aliphatic heterocycles. The zero-order valence-electron chi connectivity index (χ0n) is 9.47. The smallest absolute Gasteiger partial charge is 0.318 e. The van der Waals surface area contributed by atoms with E-state index >= 15 is 0 Å². The molecular weight excluding hydrogens is 247 g/mol. The number of carboxylic acids is 1. The van der Waals surface area contributed by atoms with Gasteiger partial charge in [-0.05, 0) is 13.0 Å². The Labute approximate surface area is 101 Å². The molecule has 2 unspecified atom stereocenters. The van der Waals surface area contributed by atoms with Crippen molar-refractivity contribution in [2.45, 2.75) is 17.9 Å². The predicted octanol–water partition coefficient (Wildman–Crippen LogP) is 1.56. The van der Waals surface area contributed by atoms with Crippen LogP contribution in [0.1, 0.15) is 12.5 Å². The highest BCUT2D eigenvalue weighted by Crippen LogP contribution is 2.21. The minimum Gasteiger partial charge on any atom is -0.494 e. The van der Waals surface area contributed by atoms with Crippen LogP contribution >= 0.6 is 0 Å². The van der Waals surface area contributed by atoms with Crippen molar-refractivity contribution in [1.82, 2.24) is 0 Å². The van der Waals surface area contributed by atoms with E-state index in [1.54, 1.807) is 6.07 Å². The molecule has 6 heteroatoms. The normalized spacial score (nSPS) is 14.1. The summed E-state index contributed by atoms with van der Waals surface area (Å²) in [6.07, 6.45) is 0. The van der Waals surface area contributed by atoms with Crippen LogP contribution in [0.3, 0.4) is 0 Å². The quantitative estimate of drug-likeness (QED) is 0.872. The summed E-state index contributed by atoms with van der Waals surface area (Å²) < 4.78 is 30.1. The summed E-state index contributed by atoms with van der Waals surface area (Å²) >= 11 is 0. The van der Waals surface area contributed by atoms with Crippen LogP contribution in [0.15, 0.2) is 18.2 Å². The topological polar surface area (TPSA) is 63.6 Å². The molecule has 1 aromatic rings. The van der Waals surface area contributed by atoms with Gasteiger partial charge in [0, 0.05) is 16.4 Å². The maximum atomic E-state index is 13.7. The first-order valence-corrected chi connectivity index (χ1v) is 6.27. The molecule has 0 bridgehead atoms. The molecule has 0 saturated heterocycles. The predicted molar refractivity (Wildman–Crippen MR) is 61.9 cm³/mol. The molecule has 94 valence electrons. The minimum atomic E-state index is -1.66. The van der Waals surface area contributed by atoms with Gasteiger partial charge in [-0.25, -0.2) is 4.39 Å². The molecule has 0 aliphatic carbocycles. The highest BCUT2D eigenvalue weighted by Gasteiger charge is 2.21. The van der Waals surface area contributed by atoms with Crippen LogP contribution in [0.25, 0.3) is 0 Å². The van der Waals surface area contributed by atoms with Crippen molar-refractivity contribution in [3.8, 4) is 5.75 Å². The van der Waals surface area contributed by atoms with E-state index in [1.807, 2.05) is 0 Å². The maximum absolute atomic E-state index is 13.7. The van der Waals surface area contributed by atoms with E-state index in [0.717, 1.165) is 0 Å². The molecule has 0 aromatic heterocycles. The van der Waals surface area contributed by atoms with Gasteiger partial charge in [-0.15, -0.1) is 0 Å². The second kappa shape index (κ2) is 5.77. The van der Waals surface area contributed by atoms with Crippen molar-refractivity contribution < 1.29 is 23.2 Å². The van der Waals surface area contributed by atoms with E-state index in [1.165, 1.54) is 26.2 Å². The summed E-state index contributed by atoms with van der Waals surface area (Å²) in [4.78, 5) is 10.6. The number of carboxylic acid groups (broad SMARTS) is 1. The van der Waals surface area contributed by atoms with E-state index in [2.05, 4.69) is 0 Å². The number of hydrogen-bond donors (Lipinski definition) is 1. The number of methoxy groups -OCH3 is 1. The fourth-order valence-electron chi connectivity index (χ4n) is 1.22. The van der Waals surface area contributed by atoms with Gasteiger partial charge >= 0.3 is 5.97 Å². The van der Waals surface area contributed by atoms with Gasteiger partial charge in [-0.2, -0.15) is 0 Å². The molecule has 0 heterocycles. The Morgan fingerprint density at radius 2 is 2.24 bits per heavy atom. The van der Waals surface area contributed by atoms with E-state index in [9.17, 15) is 13.4 Å². The fraction of sp³-hybridized carbons (Fsp3) is 0.364. The van der Waals surface area contributed by atoms with Crippen molar-refractivity contribution >= 4 is 16.8 Å². The highest BCUT2D eigenvalue weighted by atomic mass is 32.2. The first kappa shape index (κ1) is 13.6. The second-order valence-corrected chi connectivity index (χ2v) is 5.20. The van der Waals surface area contributed by atoms with Gasteiger partial charge in [0.05, 0.1) is 12.9 Å². The summed E-state index contributed by atoms with van der Waals surface area (Å²) in [5.74, 6) is -1.84. The third-order valence-corrected chi connectivity index (χ3v) is 3.89. The van der Waals surface area contributed by atoms with Crippen LogP contribution < -0.4 is 4.74 Å². The Kier molecular flexibility index (Phi) is 4.62. The summed E-state index contributed by atoms with van der Waals surface area (Å²) in [5.41, 5.74) is 0.191. The van der Waals surface area contributed by atoms with E-state index in [4.69, 9.17) is 9.84 Å². The van der Waals surface area contributed by atoms with Gasteiger partial charge in [0.1, 0.15) is 5.25 Å². The van der Waals surface area contributed by atoms with Gasteiger partial charge in [0.15, 0.2) is 11.6 Å².